The van der Waals surface area contributed by atoms with Gasteiger partial charge in [0.05, 0.1) is 11.6 Å². The Hall–Kier alpha value is -3.27. The third kappa shape index (κ3) is 4.52. The summed E-state index contributed by atoms with van der Waals surface area (Å²) in [6, 6.07) is 17.5. The van der Waals surface area contributed by atoms with Crippen molar-refractivity contribution < 1.29 is 18.0 Å². The fraction of sp³-hybridized carbons (Fsp3) is 0.238. The minimum Gasteiger partial charge on any atom is -0.335 e. The van der Waals surface area contributed by atoms with Gasteiger partial charge in [0.25, 0.3) is 0 Å². The zero-order valence-corrected chi connectivity index (χ0v) is 15.2. The molecule has 0 spiro atoms. The number of halogens is 3. The largest absolute Gasteiger partial charge is 0.406 e. The van der Waals surface area contributed by atoms with Crippen LogP contribution in [0.5, 0.6) is 0 Å². The second-order valence-electron chi connectivity index (χ2n) is 6.60. The first-order valence-corrected chi connectivity index (χ1v) is 8.65. The van der Waals surface area contributed by atoms with Crippen LogP contribution in [0.15, 0.2) is 54.6 Å². The first kappa shape index (κ1) is 19.5. The van der Waals surface area contributed by atoms with Crippen molar-refractivity contribution in [3.05, 3.63) is 71.4 Å². The van der Waals surface area contributed by atoms with E-state index in [9.17, 15) is 18.0 Å². The monoisotopic (exact) mass is 385 g/mol. The Morgan fingerprint density at radius 1 is 1.14 bits per heavy atom. The molecule has 4 nitrogen and oxygen atoms in total. The molecule has 3 rings (SSSR count). The molecule has 2 aromatic carbocycles. The van der Waals surface area contributed by atoms with Crippen LogP contribution in [-0.2, 0) is 17.9 Å². The van der Waals surface area contributed by atoms with Gasteiger partial charge in [0.2, 0.25) is 5.91 Å². The number of fused-ring (bicyclic) bond motifs is 1. The maximum absolute atomic E-state index is 13.1. The van der Waals surface area contributed by atoms with Gasteiger partial charge in [-0.2, -0.15) is 18.4 Å². The van der Waals surface area contributed by atoms with Crippen LogP contribution < -0.4 is 0 Å². The van der Waals surface area contributed by atoms with Crippen molar-refractivity contribution in [2.75, 3.05) is 6.54 Å². The summed E-state index contributed by atoms with van der Waals surface area (Å²) >= 11 is 0. The molecular formula is C21H18F3N3O. The highest BCUT2D eigenvalue weighted by molar-refractivity contribution is 5.84. The molecule has 0 radical (unpaired) electrons. The van der Waals surface area contributed by atoms with Crippen molar-refractivity contribution >= 4 is 16.8 Å². The molecule has 0 N–H and O–H groups in total. The van der Waals surface area contributed by atoms with E-state index >= 15 is 0 Å². The number of rotatable bonds is 5. The van der Waals surface area contributed by atoms with Crippen LogP contribution >= 0.6 is 0 Å². The molecule has 144 valence electrons. The number of benzene rings is 2. The second-order valence-corrected chi connectivity index (χ2v) is 6.60. The molecule has 1 amide bonds. The van der Waals surface area contributed by atoms with Gasteiger partial charge < -0.3 is 9.47 Å². The van der Waals surface area contributed by atoms with Crippen LogP contribution in [0.4, 0.5) is 13.2 Å². The van der Waals surface area contributed by atoms with E-state index in [-0.39, 0.29) is 13.1 Å². The molecule has 0 unspecified atom stereocenters. The van der Waals surface area contributed by atoms with Gasteiger partial charge in [0.1, 0.15) is 13.1 Å². The maximum Gasteiger partial charge on any atom is 0.406 e. The predicted molar refractivity (Wildman–Crippen MR) is 99.3 cm³/mol. The number of alkyl halides is 3. The normalized spacial score (nSPS) is 11.4. The first-order chi connectivity index (χ1) is 13.3. The predicted octanol–water partition coefficient (Wildman–Crippen LogP) is 4.41. The van der Waals surface area contributed by atoms with Crippen molar-refractivity contribution in [3.63, 3.8) is 0 Å². The van der Waals surface area contributed by atoms with Gasteiger partial charge in [-0.3, -0.25) is 4.79 Å². The molecule has 1 aromatic heterocycles. The van der Waals surface area contributed by atoms with Crippen molar-refractivity contribution in [2.45, 2.75) is 26.2 Å². The topological polar surface area (TPSA) is 49.0 Å². The van der Waals surface area contributed by atoms with Crippen molar-refractivity contribution in [1.82, 2.24) is 9.47 Å². The molecule has 7 heteroatoms. The molecule has 0 saturated carbocycles. The number of carbonyl (C=O) groups is 1. The van der Waals surface area contributed by atoms with Gasteiger partial charge in [0.15, 0.2) is 0 Å². The fourth-order valence-electron chi connectivity index (χ4n) is 3.15. The molecule has 0 aliphatic carbocycles. The second kappa shape index (κ2) is 7.77. The highest BCUT2D eigenvalue weighted by atomic mass is 19.4. The van der Waals surface area contributed by atoms with E-state index in [1.54, 1.807) is 16.7 Å². The molecule has 3 aromatic rings. The molecule has 0 aliphatic rings. The third-order valence-electron chi connectivity index (χ3n) is 4.49. The van der Waals surface area contributed by atoms with Gasteiger partial charge >= 0.3 is 6.18 Å². The van der Waals surface area contributed by atoms with E-state index in [1.165, 1.54) is 12.1 Å². The van der Waals surface area contributed by atoms with E-state index in [1.807, 2.05) is 43.3 Å². The van der Waals surface area contributed by atoms with Crippen LogP contribution in [0.3, 0.4) is 0 Å². The van der Waals surface area contributed by atoms with E-state index in [0.717, 1.165) is 21.5 Å². The molecular weight excluding hydrogens is 367 g/mol. The van der Waals surface area contributed by atoms with Gasteiger partial charge in [0, 0.05) is 17.8 Å². The average molecular weight is 385 g/mol. The number of aromatic nitrogens is 1. The van der Waals surface area contributed by atoms with Crippen molar-refractivity contribution in [1.29, 1.82) is 5.26 Å². The van der Waals surface area contributed by atoms with Gasteiger partial charge in [-0.25, -0.2) is 0 Å². The summed E-state index contributed by atoms with van der Waals surface area (Å²) in [5.41, 5.74) is 2.55. The molecule has 0 fully saturated rings. The lowest BCUT2D eigenvalue weighted by atomic mass is 10.1. The van der Waals surface area contributed by atoms with Crippen LogP contribution in [0.25, 0.3) is 10.9 Å². The Morgan fingerprint density at radius 2 is 1.82 bits per heavy atom. The molecule has 1 heterocycles. The molecule has 28 heavy (non-hydrogen) atoms. The lowest BCUT2D eigenvalue weighted by Gasteiger charge is -2.25. The minimum absolute atomic E-state index is 0.175. The smallest absolute Gasteiger partial charge is 0.335 e. The number of nitriles is 1. The van der Waals surface area contributed by atoms with Crippen LogP contribution in [0.1, 0.15) is 16.8 Å². The van der Waals surface area contributed by atoms with Gasteiger partial charge in [-0.1, -0.05) is 30.3 Å². The number of aryl methyl sites for hydroxylation is 1. The fourth-order valence-corrected chi connectivity index (χ4v) is 3.15. The summed E-state index contributed by atoms with van der Waals surface area (Å²) in [5.74, 6) is -0.619. The maximum atomic E-state index is 13.1. The van der Waals surface area contributed by atoms with E-state index in [2.05, 4.69) is 0 Å². The molecule has 0 saturated heterocycles. The standard InChI is InChI=1S/C21H18F3N3O/c1-15-10-18-4-2-3-5-19(18)27(15)13-20(28)26(14-21(22,23)24)12-17-8-6-16(11-25)7-9-17/h2-10H,12-14H2,1H3. The average Bonchev–Trinajstić information content (AvgIpc) is 2.96. The van der Waals surface area contributed by atoms with E-state index in [0.29, 0.717) is 11.1 Å². The van der Waals surface area contributed by atoms with Crippen molar-refractivity contribution in [2.24, 2.45) is 0 Å². The summed E-state index contributed by atoms with van der Waals surface area (Å²) in [5, 5.41) is 9.77. The molecule has 0 aliphatic heterocycles. The number of carbonyl (C=O) groups excluding carboxylic acids is 1. The SMILES string of the molecule is Cc1cc2ccccc2n1CC(=O)N(Cc1ccc(C#N)cc1)CC(F)(F)F. The third-order valence-corrected chi connectivity index (χ3v) is 4.49. The number of hydrogen-bond acceptors (Lipinski definition) is 2. The number of hydrogen-bond donors (Lipinski definition) is 0. The highest BCUT2D eigenvalue weighted by Crippen LogP contribution is 2.22. The quantitative estimate of drug-likeness (QED) is 0.653. The number of amides is 1. The van der Waals surface area contributed by atoms with Gasteiger partial charge in [-0.15, -0.1) is 0 Å². The Labute approximate surface area is 160 Å². The lowest BCUT2D eigenvalue weighted by Crippen LogP contribution is -2.40. The summed E-state index contributed by atoms with van der Waals surface area (Å²) in [6.07, 6.45) is -4.50. The zero-order chi connectivity index (χ0) is 20.3. The Balaban J connectivity index is 1.85. The molecule has 0 bridgehead atoms. The van der Waals surface area contributed by atoms with E-state index < -0.39 is 18.6 Å². The Bertz CT molecular complexity index is 1030. The number of para-hydroxylation sites is 1. The number of nitrogens with zero attached hydrogens (tertiary/aromatic N) is 3. The summed E-state index contributed by atoms with van der Waals surface area (Å²) in [6.45, 7) is 0.139. The van der Waals surface area contributed by atoms with Gasteiger partial charge in [-0.05, 0) is 42.1 Å². The highest BCUT2D eigenvalue weighted by Gasteiger charge is 2.33. The van der Waals surface area contributed by atoms with Crippen LogP contribution in [0.2, 0.25) is 0 Å². The summed E-state index contributed by atoms with van der Waals surface area (Å²) < 4.78 is 40.9. The van der Waals surface area contributed by atoms with Crippen molar-refractivity contribution in [3.8, 4) is 6.07 Å². The first-order valence-electron chi connectivity index (χ1n) is 8.65. The summed E-state index contributed by atoms with van der Waals surface area (Å²) in [4.78, 5) is 13.6. The van der Waals surface area contributed by atoms with Crippen LogP contribution in [-0.4, -0.2) is 28.1 Å². The lowest BCUT2D eigenvalue weighted by molar-refractivity contribution is -0.162. The molecule has 0 atom stereocenters. The summed E-state index contributed by atoms with van der Waals surface area (Å²) in [7, 11) is 0. The van der Waals surface area contributed by atoms with Crippen LogP contribution in [0, 0.1) is 18.3 Å². The Morgan fingerprint density at radius 3 is 2.46 bits per heavy atom. The van der Waals surface area contributed by atoms with E-state index in [4.69, 9.17) is 5.26 Å². The zero-order valence-electron chi connectivity index (χ0n) is 15.2. The Kier molecular flexibility index (Phi) is 5.41. The minimum atomic E-state index is -4.50.